The molecule has 0 saturated carbocycles. The van der Waals surface area contributed by atoms with Crippen molar-refractivity contribution in [1.29, 1.82) is 0 Å². The number of aromatic nitrogens is 2. The molecule has 1 fully saturated rings. The van der Waals surface area contributed by atoms with Gasteiger partial charge >= 0.3 is 5.95 Å². The molecule has 1 saturated heterocycles. The third-order valence-electron chi connectivity index (χ3n) is 2.94. The Hall–Kier alpha value is -1.51. The smallest absolute Gasteiger partial charge is 0.390 e. The molecule has 2 N–H and O–H groups in total. The van der Waals surface area contributed by atoms with Crippen molar-refractivity contribution in [3.63, 3.8) is 0 Å². The first-order valence-electron chi connectivity index (χ1n) is 5.93. The minimum absolute atomic E-state index is 0.195. The molecule has 2 heterocycles. The van der Waals surface area contributed by atoms with Crippen LogP contribution >= 0.6 is 0 Å². The van der Waals surface area contributed by atoms with E-state index in [0.29, 0.717) is 6.54 Å². The van der Waals surface area contributed by atoms with Crippen LogP contribution in [0.2, 0.25) is 0 Å². The summed E-state index contributed by atoms with van der Waals surface area (Å²) in [6.07, 6.45) is 2.26. The lowest BCUT2D eigenvalue weighted by atomic mass is 10.3. The lowest BCUT2D eigenvalue weighted by molar-refractivity contribution is -0.397. The van der Waals surface area contributed by atoms with Gasteiger partial charge in [-0.05, 0) is 4.92 Å². The number of β-amino-alcohol motifs (C(OH)–C–C–N with tert-alkyl or cyclic N) is 1. The first-order chi connectivity index (χ1) is 8.66. The van der Waals surface area contributed by atoms with Gasteiger partial charge in [0.25, 0.3) is 0 Å². The van der Waals surface area contributed by atoms with Crippen LogP contribution in [0.4, 0.5) is 5.95 Å². The van der Waals surface area contributed by atoms with Gasteiger partial charge in [0.1, 0.15) is 12.4 Å². The number of imidazole rings is 1. The van der Waals surface area contributed by atoms with Gasteiger partial charge < -0.3 is 20.5 Å². The molecule has 1 aliphatic rings. The zero-order valence-electron chi connectivity index (χ0n) is 10.0. The summed E-state index contributed by atoms with van der Waals surface area (Å²) in [5.41, 5.74) is 0. The fourth-order valence-corrected chi connectivity index (χ4v) is 2.09. The molecule has 1 aromatic rings. The predicted octanol–water partition coefficient (Wildman–Crippen LogP) is -0.943. The minimum Gasteiger partial charge on any atom is -0.390 e. The van der Waals surface area contributed by atoms with Crippen molar-refractivity contribution in [3.8, 4) is 0 Å². The van der Waals surface area contributed by atoms with E-state index in [-0.39, 0.29) is 12.5 Å². The molecule has 0 aliphatic carbocycles. The van der Waals surface area contributed by atoms with Gasteiger partial charge in [-0.3, -0.25) is 4.90 Å². The van der Waals surface area contributed by atoms with Crippen molar-refractivity contribution < 1.29 is 10.0 Å². The summed E-state index contributed by atoms with van der Waals surface area (Å²) in [4.78, 5) is 15.9. The molecule has 0 aromatic carbocycles. The fourth-order valence-electron chi connectivity index (χ4n) is 2.09. The summed E-state index contributed by atoms with van der Waals surface area (Å²) >= 11 is 0. The Morgan fingerprint density at radius 3 is 2.89 bits per heavy atom. The maximum atomic E-state index is 10.7. The van der Waals surface area contributed by atoms with Crippen LogP contribution in [-0.2, 0) is 6.54 Å². The number of aliphatic hydroxyl groups is 1. The lowest BCUT2D eigenvalue weighted by Crippen LogP contribution is -2.46. The Balaban J connectivity index is 1.88. The average Bonchev–Trinajstić information content (AvgIpc) is 2.78. The first kappa shape index (κ1) is 12.9. The quantitative estimate of drug-likeness (QED) is 0.520. The fraction of sp³-hybridized carbons (Fsp3) is 0.700. The Morgan fingerprint density at radius 2 is 2.22 bits per heavy atom. The summed E-state index contributed by atoms with van der Waals surface area (Å²) in [6, 6.07) is 0. The maximum absolute atomic E-state index is 10.7. The van der Waals surface area contributed by atoms with Crippen molar-refractivity contribution >= 4 is 5.95 Å². The second kappa shape index (κ2) is 5.89. The molecule has 0 radical (unpaired) electrons. The van der Waals surface area contributed by atoms with E-state index in [1.165, 1.54) is 17.0 Å². The number of piperazine rings is 1. The zero-order chi connectivity index (χ0) is 13.0. The molecule has 100 valence electrons. The van der Waals surface area contributed by atoms with Crippen molar-refractivity contribution in [3.05, 3.63) is 22.5 Å². The van der Waals surface area contributed by atoms with Gasteiger partial charge in [-0.1, -0.05) is 4.98 Å². The van der Waals surface area contributed by atoms with E-state index in [2.05, 4.69) is 15.2 Å². The SMILES string of the molecule is O=[N+]([O-])c1nccn1CC(O)CN1CCNCC1. The molecular formula is C10H17N5O3. The number of nitrogens with one attached hydrogen (secondary N) is 1. The second-order valence-electron chi connectivity index (χ2n) is 4.34. The van der Waals surface area contributed by atoms with Gasteiger partial charge in [0.2, 0.25) is 0 Å². The van der Waals surface area contributed by atoms with Crippen LogP contribution in [0.25, 0.3) is 0 Å². The number of nitrogens with zero attached hydrogens (tertiary/aromatic N) is 4. The van der Waals surface area contributed by atoms with Gasteiger partial charge in [0.05, 0.1) is 12.6 Å². The minimum atomic E-state index is -0.629. The summed E-state index contributed by atoms with van der Waals surface area (Å²) in [7, 11) is 0. The number of nitro groups is 1. The van der Waals surface area contributed by atoms with Crippen LogP contribution in [0.5, 0.6) is 0 Å². The predicted molar refractivity (Wildman–Crippen MR) is 64.2 cm³/mol. The topological polar surface area (TPSA) is 96.5 Å². The molecule has 1 unspecified atom stereocenters. The van der Waals surface area contributed by atoms with Gasteiger partial charge in [0, 0.05) is 32.7 Å². The molecule has 8 nitrogen and oxygen atoms in total. The molecule has 0 bridgehead atoms. The summed E-state index contributed by atoms with van der Waals surface area (Å²) < 4.78 is 1.37. The van der Waals surface area contributed by atoms with Crippen LogP contribution < -0.4 is 5.32 Å². The monoisotopic (exact) mass is 255 g/mol. The van der Waals surface area contributed by atoms with Crippen LogP contribution in [0.1, 0.15) is 0 Å². The van der Waals surface area contributed by atoms with E-state index in [4.69, 9.17) is 0 Å². The normalized spacial score (nSPS) is 18.7. The second-order valence-corrected chi connectivity index (χ2v) is 4.34. The zero-order valence-corrected chi connectivity index (χ0v) is 10.0. The van der Waals surface area contributed by atoms with E-state index >= 15 is 0 Å². The highest BCUT2D eigenvalue weighted by molar-refractivity contribution is 5.06. The molecule has 2 rings (SSSR count). The molecule has 8 heteroatoms. The largest absolute Gasteiger partial charge is 0.434 e. The maximum Gasteiger partial charge on any atom is 0.434 e. The highest BCUT2D eigenvalue weighted by Crippen LogP contribution is 2.09. The van der Waals surface area contributed by atoms with E-state index < -0.39 is 11.0 Å². The summed E-state index contributed by atoms with van der Waals surface area (Å²) in [5.74, 6) is -0.227. The number of aliphatic hydroxyl groups excluding tert-OH is 1. The van der Waals surface area contributed by atoms with Crippen molar-refractivity contribution in [1.82, 2.24) is 19.8 Å². The first-order valence-corrected chi connectivity index (χ1v) is 5.93. The Kier molecular flexibility index (Phi) is 4.24. The van der Waals surface area contributed by atoms with Crippen molar-refractivity contribution in [2.24, 2.45) is 0 Å². The van der Waals surface area contributed by atoms with Crippen molar-refractivity contribution in [2.45, 2.75) is 12.6 Å². The number of rotatable bonds is 5. The average molecular weight is 255 g/mol. The van der Waals surface area contributed by atoms with Crippen molar-refractivity contribution in [2.75, 3.05) is 32.7 Å². The van der Waals surface area contributed by atoms with Crippen LogP contribution in [-0.4, -0.2) is 63.3 Å². The van der Waals surface area contributed by atoms with E-state index in [1.807, 2.05) is 0 Å². The Morgan fingerprint density at radius 1 is 1.50 bits per heavy atom. The number of hydrogen-bond acceptors (Lipinski definition) is 6. The number of hydrogen-bond donors (Lipinski definition) is 2. The van der Waals surface area contributed by atoms with E-state index in [1.54, 1.807) is 0 Å². The molecule has 1 aromatic heterocycles. The Bertz CT molecular complexity index is 402. The molecule has 1 atom stereocenters. The van der Waals surface area contributed by atoms with Gasteiger partial charge in [0.15, 0.2) is 0 Å². The third kappa shape index (κ3) is 3.25. The van der Waals surface area contributed by atoms with E-state index in [0.717, 1.165) is 26.2 Å². The summed E-state index contributed by atoms with van der Waals surface area (Å²) in [6.45, 7) is 4.33. The lowest BCUT2D eigenvalue weighted by Gasteiger charge is -2.28. The third-order valence-corrected chi connectivity index (χ3v) is 2.94. The summed E-state index contributed by atoms with van der Waals surface area (Å²) in [5, 5.41) is 23.9. The standard InChI is InChI=1S/C10H17N5O3/c16-9(7-13-4-1-11-2-5-13)8-14-6-3-12-10(14)15(17)18/h3,6,9,11,16H,1-2,4-5,7-8H2. The molecule has 0 amide bonds. The van der Waals surface area contributed by atoms with E-state index in [9.17, 15) is 15.2 Å². The molecule has 18 heavy (non-hydrogen) atoms. The van der Waals surface area contributed by atoms with Gasteiger partial charge in [-0.2, -0.15) is 0 Å². The highest BCUT2D eigenvalue weighted by atomic mass is 16.6. The molecule has 1 aliphatic heterocycles. The van der Waals surface area contributed by atoms with Gasteiger partial charge in [-0.15, -0.1) is 0 Å². The van der Waals surface area contributed by atoms with Gasteiger partial charge in [-0.25, -0.2) is 4.57 Å². The molecular weight excluding hydrogens is 238 g/mol. The van der Waals surface area contributed by atoms with Crippen LogP contribution in [0.3, 0.4) is 0 Å². The Labute approximate surface area is 104 Å². The van der Waals surface area contributed by atoms with Crippen LogP contribution in [0, 0.1) is 10.1 Å². The van der Waals surface area contributed by atoms with Crippen LogP contribution in [0.15, 0.2) is 12.4 Å². The molecule has 0 spiro atoms. The highest BCUT2D eigenvalue weighted by Gasteiger charge is 2.20.